The normalized spacial score (nSPS) is 24.3. The Morgan fingerprint density at radius 3 is 2.26 bits per heavy atom. The summed E-state index contributed by atoms with van der Waals surface area (Å²) in [5.74, 6) is 0. The van der Waals surface area contributed by atoms with Gasteiger partial charge in [-0.15, -0.1) is 0 Å². The molecule has 1 aliphatic rings. The minimum atomic E-state index is -3.61. The number of hydrogen-bond acceptors (Lipinski definition) is 4. The molecule has 106 valence electrons. The Balaban J connectivity index is 1.87. The molecule has 0 atom stereocenters. The second kappa shape index (κ2) is 6.00. The molecule has 0 unspecified atom stereocenters. The molecule has 0 bridgehead atoms. The number of rotatable bonds is 4. The van der Waals surface area contributed by atoms with Crippen LogP contribution in [0.15, 0.2) is 29.2 Å². The summed E-state index contributed by atoms with van der Waals surface area (Å²) in [5, 5.41) is 17.9. The van der Waals surface area contributed by atoms with Gasteiger partial charge in [0.15, 0.2) is 0 Å². The van der Waals surface area contributed by atoms with E-state index in [-0.39, 0.29) is 11.0 Å². The summed E-state index contributed by atoms with van der Waals surface area (Å²) < 4.78 is 22.2. The molecular weight excluding hydrogens is 264 g/mol. The molecule has 5 nitrogen and oxygen atoms in total. The van der Waals surface area contributed by atoms with Gasteiger partial charge in [0.2, 0.25) is 10.0 Å². The maximum Gasteiger partial charge on any atom is 0.238 e. The van der Waals surface area contributed by atoms with Crippen LogP contribution in [0.25, 0.3) is 0 Å². The van der Waals surface area contributed by atoms with Gasteiger partial charge in [0, 0.05) is 12.6 Å². The second-order valence-corrected chi connectivity index (χ2v) is 6.64. The van der Waals surface area contributed by atoms with Gasteiger partial charge in [-0.1, -0.05) is 12.1 Å². The highest BCUT2D eigenvalue weighted by atomic mass is 32.2. The van der Waals surface area contributed by atoms with Gasteiger partial charge in [0.05, 0.1) is 11.0 Å². The predicted octanol–water partition coefficient (Wildman–Crippen LogP) is 0.727. The van der Waals surface area contributed by atoms with Crippen molar-refractivity contribution in [1.29, 1.82) is 0 Å². The quantitative estimate of drug-likeness (QED) is 0.760. The number of benzene rings is 1. The molecule has 0 saturated heterocycles. The van der Waals surface area contributed by atoms with Crippen molar-refractivity contribution < 1.29 is 13.5 Å². The summed E-state index contributed by atoms with van der Waals surface area (Å²) in [7, 11) is -3.61. The number of hydrogen-bond donors (Lipinski definition) is 3. The summed E-state index contributed by atoms with van der Waals surface area (Å²) in [6, 6.07) is 7.02. The van der Waals surface area contributed by atoms with Crippen molar-refractivity contribution in [2.24, 2.45) is 5.14 Å². The van der Waals surface area contributed by atoms with E-state index in [1.54, 1.807) is 12.1 Å². The number of sulfonamides is 1. The fraction of sp³-hybridized carbons (Fsp3) is 0.538. The van der Waals surface area contributed by atoms with Gasteiger partial charge in [-0.25, -0.2) is 13.6 Å². The molecule has 19 heavy (non-hydrogen) atoms. The molecule has 4 N–H and O–H groups in total. The van der Waals surface area contributed by atoms with Crippen molar-refractivity contribution in [3.05, 3.63) is 29.8 Å². The van der Waals surface area contributed by atoms with Gasteiger partial charge < -0.3 is 10.4 Å². The monoisotopic (exact) mass is 284 g/mol. The van der Waals surface area contributed by atoms with Crippen LogP contribution in [0.4, 0.5) is 0 Å². The average Bonchev–Trinajstić information content (AvgIpc) is 2.37. The molecule has 1 fully saturated rings. The summed E-state index contributed by atoms with van der Waals surface area (Å²) >= 11 is 0. The third-order valence-corrected chi connectivity index (χ3v) is 4.47. The molecule has 6 heteroatoms. The third-order valence-electron chi connectivity index (χ3n) is 3.54. The topological polar surface area (TPSA) is 92.4 Å². The fourth-order valence-electron chi connectivity index (χ4n) is 2.34. The second-order valence-electron chi connectivity index (χ2n) is 5.08. The zero-order valence-electron chi connectivity index (χ0n) is 10.7. The van der Waals surface area contributed by atoms with E-state index in [0.29, 0.717) is 12.6 Å². The molecule has 1 aromatic carbocycles. The van der Waals surface area contributed by atoms with Crippen LogP contribution in [0.2, 0.25) is 0 Å². The van der Waals surface area contributed by atoms with E-state index in [1.165, 1.54) is 12.1 Å². The van der Waals surface area contributed by atoms with Crippen molar-refractivity contribution in [2.75, 3.05) is 0 Å². The summed E-state index contributed by atoms with van der Waals surface area (Å²) in [6.45, 7) is 0.700. The standard InChI is InChI=1S/C13H20N2O3S/c14-19(17,18)13-7-1-10(2-8-13)9-15-11-3-5-12(16)6-4-11/h1-2,7-8,11-12,15-16H,3-6,9H2,(H2,14,17,18). The molecule has 0 heterocycles. The van der Waals surface area contributed by atoms with Crippen molar-refractivity contribution in [2.45, 2.75) is 49.3 Å². The zero-order valence-corrected chi connectivity index (χ0v) is 11.6. The number of nitrogens with two attached hydrogens (primary N) is 1. The Labute approximate surface area is 113 Å². The van der Waals surface area contributed by atoms with E-state index in [1.807, 2.05) is 0 Å². The van der Waals surface area contributed by atoms with Crippen LogP contribution in [-0.2, 0) is 16.6 Å². The van der Waals surface area contributed by atoms with E-state index in [2.05, 4.69) is 5.32 Å². The fourth-order valence-corrected chi connectivity index (χ4v) is 2.85. The van der Waals surface area contributed by atoms with Gasteiger partial charge in [-0.2, -0.15) is 0 Å². The van der Waals surface area contributed by atoms with Crippen LogP contribution < -0.4 is 10.5 Å². The molecule has 1 aliphatic carbocycles. The number of primary sulfonamides is 1. The first-order chi connectivity index (χ1) is 8.95. The molecule has 0 radical (unpaired) electrons. The van der Waals surface area contributed by atoms with E-state index in [4.69, 9.17) is 5.14 Å². The summed E-state index contributed by atoms with van der Waals surface area (Å²) in [6.07, 6.45) is 3.52. The van der Waals surface area contributed by atoms with Gasteiger partial charge in [-0.05, 0) is 43.4 Å². The van der Waals surface area contributed by atoms with Crippen LogP contribution in [0, 0.1) is 0 Å². The van der Waals surface area contributed by atoms with Crippen LogP contribution in [0.1, 0.15) is 31.2 Å². The summed E-state index contributed by atoms with van der Waals surface area (Å²) in [4.78, 5) is 0.136. The van der Waals surface area contributed by atoms with Crippen LogP contribution in [0.5, 0.6) is 0 Å². The highest BCUT2D eigenvalue weighted by Gasteiger charge is 2.18. The average molecular weight is 284 g/mol. The van der Waals surface area contributed by atoms with E-state index in [9.17, 15) is 13.5 Å². The molecule has 0 aromatic heterocycles. The lowest BCUT2D eigenvalue weighted by Gasteiger charge is -2.26. The SMILES string of the molecule is NS(=O)(=O)c1ccc(CNC2CCC(O)CC2)cc1. The molecule has 0 spiro atoms. The lowest BCUT2D eigenvalue weighted by Crippen LogP contribution is -2.34. The largest absolute Gasteiger partial charge is 0.393 e. The Kier molecular flexibility index (Phi) is 4.57. The lowest BCUT2D eigenvalue weighted by molar-refractivity contribution is 0.116. The molecule has 2 rings (SSSR count). The Morgan fingerprint density at radius 2 is 1.74 bits per heavy atom. The maximum absolute atomic E-state index is 11.1. The van der Waals surface area contributed by atoms with Crippen LogP contribution in [0.3, 0.4) is 0 Å². The number of aliphatic hydroxyl groups excluding tert-OH is 1. The lowest BCUT2D eigenvalue weighted by atomic mass is 9.93. The zero-order chi connectivity index (χ0) is 13.9. The first-order valence-electron chi connectivity index (χ1n) is 6.48. The predicted molar refractivity (Wildman–Crippen MR) is 72.9 cm³/mol. The Bertz CT molecular complexity index is 505. The number of aliphatic hydroxyl groups is 1. The highest BCUT2D eigenvalue weighted by Crippen LogP contribution is 2.18. The van der Waals surface area contributed by atoms with Crippen molar-refractivity contribution in [3.63, 3.8) is 0 Å². The van der Waals surface area contributed by atoms with E-state index in [0.717, 1.165) is 31.2 Å². The smallest absolute Gasteiger partial charge is 0.238 e. The number of nitrogens with one attached hydrogen (secondary N) is 1. The Morgan fingerprint density at radius 1 is 1.16 bits per heavy atom. The van der Waals surface area contributed by atoms with Gasteiger partial charge in [-0.3, -0.25) is 0 Å². The highest BCUT2D eigenvalue weighted by molar-refractivity contribution is 7.89. The first kappa shape index (κ1) is 14.5. The molecule has 1 aromatic rings. The first-order valence-corrected chi connectivity index (χ1v) is 8.03. The van der Waals surface area contributed by atoms with Gasteiger partial charge >= 0.3 is 0 Å². The third kappa shape index (κ3) is 4.28. The van der Waals surface area contributed by atoms with E-state index < -0.39 is 10.0 Å². The minimum Gasteiger partial charge on any atom is -0.393 e. The van der Waals surface area contributed by atoms with Crippen molar-refractivity contribution >= 4 is 10.0 Å². The Hall–Kier alpha value is -0.950. The molecule has 0 aliphatic heterocycles. The molecule has 1 saturated carbocycles. The van der Waals surface area contributed by atoms with Crippen molar-refractivity contribution in [3.8, 4) is 0 Å². The van der Waals surface area contributed by atoms with E-state index >= 15 is 0 Å². The van der Waals surface area contributed by atoms with Crippen molar-refractivity contribution in [1.82, 2.24) is 5.32 Å². The summed E-state index contributed by atoms with van der Waals surface area (Å²) in [5.41, 5.74) is 1.03. The van der Waals surface area contributed by atoms with Crippen LogP contribution >= 0.6 is 0 Å². The molecular formula is C13H20N2O3S. The minimum absolute atomic E-state index is 0.136. The van der Waals surface area contributed by atoms with Crippen LogP contribution in [-0.4, -0.2) is 25.7 Å². The van der Waals surface area contributed by atoms with Gasteiger partial charge in [0.1, 0.15) is 0 Å². The maximum atomic E-state index is 11.1. The molecule has 0 amide bonds. The van der Waals surface area contributed by atoms with Gasteiger partial charge in [0.25, 0.3) is 0 Å².